The van der Waals surface area contributed by atoms with Gasteiger partial charge in [0, 0.05) is 30.5 Å². The average molecular weight is 878 g/mol. The van der Waals surface area contributed by atoms with Gasteiger partial charge in [0.05, 0.1) is 24.4 Å². The Labute approximate surface area is 367 Å². The van der Waals surface area contributed by atoms with Gasteiger partial charge in [0.1, 0.15) is 54.6 Å². The number of thiophene rings is 1. The topological polar surface area (TPSA) is 214 Å². The summed E-state index contributed by atoms with van der Waals surface area (Å²) < 4.78 is 14.6. The zero-order valence-electron chi connectivity index (χ0n) is 34.7. The second-order valence-electron chi connectivity index (χ2n) is 16.5. The molecule has 4 bridgehead atoms. The van der Waals surface area contributed by atoms with Gasteiger partial charge in [-0.25, -0.2) is 9.48 Å². The molecule has 5 atom stereocenters. The van der Waals surface area contributed by atoms with Gasteiger partial charge in [0.15, 0.2) is 0 Å². The molecule has 5 N–H and O–H groups in total. The smallest absolute Gasteiger partial charge is 0.326 e. The normalized spacial score (nSPS) is 23.4. The summed E-state index contributed by atoms with van der Waals surface area (Å²) in [6.07, 6.45) is 5.72. The van der Waals surface area contributed by atoms with Crippen molar-refractivity contribution in [2.45, 2.75) is 101 Å². The highest BCUT2D eigenvalue weighted by atomic mass is 32.1. The summed E-state index contributed by atoms with van der Waals surface area (Å²) >= 11 is 1.48. The third kappa shape index (κ3) is 10.7. The van der Waals surface area contributed by atoms with Crippen LogP contribution >= 0.6 is 11.3 Å². The summed E-state index contributed by atoms with van der Waals surface area (Å²) in [5, 5.41) is 41.0. The third-order valence-electron chi connectivity index (χ3n) is 12.0. The highest BCUT2D eigenvalue weighted by Crippen LogP contribution is 2.31. The molecule has 16 nitrogen and oxygen atoms in total. The van der Waals surface area contributed by atoms with Crippen molar-refractivity contribution in [1.82, 2.24) is 35.8 Å². The summed E-state index contributed by atoms with van der Waals surface area (Å²) in [6.45, 7) is 0.471. The molecule has 17 heteroatoms. The number of aliphatic hydroxyl groups is 1. The summed E-state index contributed by atoms with van der Waals surface area (Å²) in [5.74, 6) is -2.77. The van der Waals surface area contributed by atoms with Crippen LogP contribution in [0.1, 0.15) is 72.1 Å². The minimum Gasteiger partial charge on any atom is -0.492 e. The van der Waals surface area contributed by atoms with Crippen LogP contribution < -0.4 is 25.4 Å². The van der Waals surface area contributed by atoms with E-state index in [4.69, 9.17) is 9.47 Å². The molecule has 3 aliphatic heterocycles. The lowest BCUT2D eigenvalue weighted by molar-refractivity contribution is -0.143. The van der Waals surface area contributed by atoms with Crippen LogP contribution in [0.5, 0.6) is 11.5 Å². The van der Waals surface area contributed by atoms with Crippen LogP contribution in [0.3, 0.4) is 0 Å². The number of amides is 4. The van der Waals surface area contributed by atoms with Gasteiger partial charge >= 0.3 is 5.97 Å². The van der Waals surface area contributed by atoms with E-state index in [1.165, 1.54) is 16.2 Å². The molecular weight excluding hydrogens is 827 g/mol. The molecule has 1 saturated heterocycles. The molecule has 1 aliphatic carbocycles. The van der Waals surface area contributed by atoms with Gasteiger partial charge in [0.25, 0.3) is 5.91 Å². The Bertz CT molecular complexity index is 2430. The molecule has 0 spiro atoms. The minimum absolute atomic E-state index is 0.0117. The molecule has 0 unspecified atom stereocenters. The second kappa shape index (κ2) is 19.8. The quantitative estimate of drug-likeness (QED) is 0.170. The molecule has 1 saturated carbocycles. The van der Waals surface area contributed by atoms with Crippen LogP contribution in [0.2, 0.25) is 0 Å². The molecule has 3 aromatic carbocycles. The number of carboxylic acids is 1. The van der Waals surface area contributed by atoms with Crippen LogP contribution in [0.15, 0.2) is 84.4 Å². The number of para-hydroxylation sites is 1. The van der Waals surface area contributed by atoms with E-state index < -0.39 is 59.9 Å². The van der Waals surface area contributed by atoms with Crippen LogP contribution in [-0.4, -0.2) is 103 Å². The molecule has 63 heavy (non-hydrogen) atoms. The second-order valence-corrected chi connectivity index (χ2v) is 17.4. The number of benzene rings is 3. The number of ether oxygens (including phenoxy) is 2. The van der Waals surface area contributed by atoms with Crippen molar-refractivity contribution < 1.29 is 43.7 Å². The predicted molar refractivity (Wildman–Crippen MR) is 232 cm³/mol. The Hall–Kier alpha value is -6.33. The summed E-state index contributed by atoms with van der Waals surface area (Å²) in [4.78, 5) is 71.5. The van der Waals surface area contributed by atoms with Gasteiger partial charge in [-0.2, -0.15) is 0 Å². The number of aliphatic carboxylic acids is 1. The lowest BCUT2D eigenvalue weighted by atomic mass is 9.84. The first-order chi connectivity index (χ1) is 30.6. The van der Waals surface area contributed by atoms with Crippen LogP contribution in [0.4, 0.5) is 0 Å². The number of hydrogen-bond donors (Lipinski definition) is 5. The number of hydrogen-bond acceptors (Lipinski definition) is 11. The largest absolute Gasteiger partial charge is 0.492 e. The Morgan fingerprint density at radius 1 is 0.873 bits per heavy atom. The highest BCUT2D eigenvalue weighted by Gasteiger charge is 2.43. The summed E-state index contributed by atoms with van der Waals surface area (Å²) in [5.41, 5.74) is 2.12. The maximum atomic E-state index is 14.7. The molecule has 5 heterocycles. The van der Waals surface area contributed by atoms with Gasteiger partial charge in [0.2, 0.25) is 17.7 Å². The van der Waals surface area contributed by atoms with Crippen molar-refractivity contribution in [2.24, 2.45) is 5.92 Å². The van der Waals surface area contributed by atoms with Crippen LogP contribution in [0.25, 0.3) is 10.1 Å². The fraction of sp³-hybridized carbons (Fsp3) is 0.413. The molecule has 9 rings (SSSR count). The number of aliphatic hydroxyl groups excluding tert-OH is 1. The molecule has 330 valence electrons. The van der Waals surface area contributed by atoms with E-state index in [2.05, 4.69) is 26.3 Å². The maximum Gasteiger partial charge on any atom is 0.326 e. The molecular formula is C46H51N7O9S. The van der Waals surface area contributed by atoms with Gasteiger partial charge < -0.3 is 40.5 Å². The maximum absolute atomic E-state index is 14.7. The number of carbonyl (C=O) groups is 5. The summed E-state index contributed by atoms with van der Waals surface area (Å²) in [6, 6.07) is 16.4. The van der Waals surface area contributed by atoms with Crippen molar-refractivity contribution >= 4 is 51.0 Å². The zero-order chi connectivity index (χ0) is 43.9. The lowest BCUT2D eigenvalue weighted by Crippen LogP contribution is -2.58. The molecule has 4 aliphatic rings. The average Bonchev–Trinajstić information content (AvgIpc) is 4.04. The van der Waals surface area contributed by atoms with E-state index in [0.29, 0.717) is 30.0 Å². The van der Waals surface area contributed by atoms with Crippen molar-refractivity contribution in [3.8, 4) is 11.5 Å². The van der Waals surface area contributed by atoms with Gasteiger partial charge in [-0.05, 0) is 64.6 Å². The number of nitrogens with zero attached hydrogens (tertiary/aromatic N) is 4. The first-order valence-corrected chi connectivity index (χ1v) is 22.4. The van der Waals surface area contributed by atoms with Crippen LogP contribution in [-0.2, 0) is 45.2 Å². The van der Waals surface area contributed by atoms with E-state index >= 15 is 0 Å². The monoisotopic (exact) mass is 877 g/mol. The predicted octanol–water partition coefficient (Wildman–Crippen LogP) is 4.03. The number of rotatable bonds is 5. The molecule has 2 aromatic heterocycles. The SMILES string of the molecule is O=C1N[C@H](CC2CCCCC2)C(=O)N2C[C@@H](O)C[C@@H]2C(=O)N[C@@H](Cc2csc3ccccc23)C(=O)N[C@H](C(=O)O)Cc2ccc(cc2)OCCn2cc(nn2)COc2ccccc21. The zero-order valence-corrected chi connectivity index (χ0v) is 35.5. The van der Waals surface area contributed by atoms with Crippen LogP contribution in [0, 0.1) is 5.92 Å². The molecule has 4 amide bonds. The fourth-order valence-electron chi connectivity index (χ4n) is 8.74. The molecule has 5 aromatic rings. The highest BCUT2D eigenvalue weighted by molar-refractivity contribution is 7.17. The Morgan fingerprint density at radius 2 is 1.65 bits per heavy atom. The van der Waals surface area contributed by atoms with Crippen molar-refractivity contribution in [2.75, 3.05) is 13.2 Å². The molecule has 2 fully saturated rings. The van der Waals surface area contributed by atoms with Gasteiger partial charge in [-0.1, -0.05) is 79.8 Å². The first kappa shape index (κ1) is 43.3. The number of fused-ring (bicyclic) bond motifs is 15. The third-order valence-corrected chi connectivity index (χ3v) is 13.1. The Kier molecular flexibility index (Phi) is 13.6. The Balaban J connectivity index is 1.11. The summed E-state index contributed by atoms with van der Waals surface area (Å²) in [7, 11) is 0. The standard InChI is InChI=1S/C46H51N7O9S/c54-32-23-39-44(57)47-36(22-30-27-63-41-13-7-5-10-34(30)41)43(56)49-38(46(59)60)21-29-14-16-33(17-15-29)61-19-18-52-24-31(50-51-52)26-62-40-12-6-4-11-35(40)42(55)48-37(45(58)53(39)25-32)20-28-8-2-1-3-9-28/h4-7,10-17,24,27-28,32,36-39,54H,1-3,8-9,18-23,25-26H2,(H,47,57)(H,48,55)(H,49,56)(H,59,60)/t32-,36-,37+,38-,39+/m0/s1. The Morgan fingerprint density at radius 3 is 2.46 bits per heavy atom. The van der Waals surface area contributed by atoms with Crippen molar-refractivity contribution in [3.05, 3.63) is 107 Å². The van der Waals surface area contributed by atoms with E-state index in [1.54, 1.807) is 59.4 Å². The first-order valence-electron chi connectivity index (χ1n) is 21.5. The molecule has 0 radical (unpaired) electrons. The van der Waals surface area contributed by atoms with E-state index in [1.807, 2.05) is 29.6 Å². The van der Waals surface area contributed by atoms with Gasteiger partial charge in [-0.3, -0.25) is 19.2 Å². The number of carbonyl (C=O) groups excluding carboxylic acids is 4. The van der Waals surface area contributed by atoms with E-state index in [9.17, 15) is 34.2 Å². The fourth-order valence-corrected chi connectivity index (χ4v) is 9.72. The van der Waals surface area contributed by atoms with Crippen molar-refractivity contribution in [3.63, 3.8) is 0 Å². The van der Waals surface area contributed by atoms with E-state index in [0.717, 1.165) is 47.8 Å². The number of aromatic nitrogens is 3. The van der Waals surface area contributed by atoms with Crippen molar-refractivity contribution in [1.29, 1.82) is 0 Å². The number of carboxylic acid groups (broad SMARTS) is 1. The number of nitrogens with one attached hydrogen (secondary N) is 3. The lowest BCUT2D eigenvalue weighted by Gasteiger charge is -2.32. The minimum atomic E-state index is -1.35. The van der Waals surface area contributed by atoms with E-state index in [-0.39, 0.29) is 56.3 Å². The van der Waals surface area contributed by atoms with Gasteiger partial charge in [-0.15, -0.1) is 16.4 Å².